The summed E-state index contributed by atoms with van der Waals surface area (Å²) in [7, 11) is 1.26. The molecule has 1 amide bonds. The summed E-state index contributed by atoms with van der Waals surface area (Å²) in [6.45, 7) is 3.20. The first kappa shape index (κ1) is 19.3. The number of hydrogen-bond donors (Lipinski definition) is 3. The van der Waals surface area contributed by atoms with Gasteiger partial charge in [0.2, 0.25) is 5.91 Å². The SMILES string of the molecule is COC(=O)[C@H](C)NC(=O)CC=C[C@@H](C)[C@@H]1C=C[C@H](O)[C@@H](CO)O1. The molecule has 130 valence electrons. The fraction of sp³-hybridized carbons (Fsp3) is 0.625. The second-order valence-electron chi connectivity index (χ2n) is 5.50. The summed E-state index contributed by atoms with van der Waals surface area (Å²) in [5.41, 5.74) is 0. The summed E-state index contributed by atoms with van der Waals surface area (Å²) in [5.74, 6) is -0.807. The van der Waals surface area contributed by atoms with Crippen molar-refractivity contribution in [3.05, 3.63) is 24.3 Å². The molecule has 1 aliphatic rings. The van der Waals surface area contributed by atoms with E-state index in [9.17, 15) is 14.7 Å². The topological polar surface area (TPSA) is 105 Å². The Bertz CT molecular complexity index is 461. The third kappa shape index (κ3) is 6.13. The summed E-state index contributed by atoms with van der Waals surface area (Å²) in [6, 6.07) is -0.685. The Morgan fingerprint density at radius 3 is 2.70 bits per heavy atom. The van der Waals surface area contributed by atoms with Crippen LogP contribution in [0.2, 0.25) is 0 Å². The first-order valence-electron chi connectivity index (χ1n) is 7.55. The molecular formula is C16H25NO6. The summed E-state index contributed by atoms with van der Waals surface area (Å²) >= 11 is 0. The van der Waals surface area contributed by atoms with Crippen molar-refractivity contribution >= 4 is 11.9 Å². The molecule has 1 heterocycles. The third-order valence-corrected chi connectivity index (χ3v) is 3.58. The minimum absolute atomic E-state index is 0.0290. The molecule has 0 aromatic carbocycles. The number of carbonyl (C=O) groups excluding carboxylic acids is 2. The van der Waals surface area contributed by atoms with E-state index in [-0.39, 0.29) is 31.0 Å². The Morgan fingerprint density at radius 2 is 2.09 bits per heavy atom. The van der Waals surface area contributed by atoms with Crippen molar-refractivity contribution in [1.29, 1.82) is 0 Å². The second-order valence-corrected chi connectivity index (χ2v) is 5.50. The zero-order chi connectivity index (χ0) is 17.4. The maximum absolute atomic E-state index is 11.7. The average molecular weight is 327 g/mol. The van der Waals surface area contributed by atoms with Gasteiger partial charge in [0.05, 0.1) is 19.8 Å². The predicted molar refractivity (Wildman–Crippen MR) is 83.4 cm³/mol. The molecule has 1 aliphatic heterocycles. The quantitative estimate of drug-likeness (QED) is 0.446. The standard InChI is InChI=1S/C16H25NO6/c1-10(13-8-7-12(19)14(9-18)23-13)5-4-6-15(20)17-11(2)16(21)22-3/h4-5,7-8,10-14,18-19H,6,9H2,1-3H3,(H,17,20)/t10-,11+,12+,13+,14-/m1/s1. The van der Waals surface area contributed by atoms with Gasteiger partial charge in [-0.25, -0.2) is 4.79 Å². The van der Waals surface area contributed by atoms with Crippen LogP contribution in [0.5, 0.6) is 0 Å². The number of hydrogen-bond acceptors (Lipinski definition) is 6. The maximum Gasteiger partial charge on any atom is 0.328 e. The summed E-state index contributed by atoms with van der Waals surface area (Å²) < 4.78 is 10.1. The van der Waals surface area contributed by atoms with Crippen LogP contribution in [-0.2, 0) is 19.1 Å². The fourth-order valence-corrected chi connectivity index (χ4v) is 2.16. The van der Waals surface area contributed by atoms with Gasteiger partial charge in [-0.1, -0.05) is 31.2 Å². The molecule has 1 rings (SSSR count). The van der Waals surface area contributed by atoms with Crippen LogP contribution in [-0.4, -0.2) is 60.2 Å². The average Bonchev–Trinajstić information content (AvgIpc) is 2.54. The molecule has 0 aliphatic carbocycles. The van der Waals surface area contributed by atoms with Gasteiger partial charge in [-0.15, -0.1) is 0 Å². The first-order chi connectivity index (χ1) is 10.9. The minimum Gasteiger partial charge on any atom is -0.467 e. The van der Waals surface area contributed by atoms with Crippen LogP contribution >= 0.6 is 0 Å². The lowest BCUT2D eigenvalue weighted by atomic mass is 9.99. The van der Waals surface area contributed by atoms with Crippen LogP contribution < -0.4 is 5.32 Å². The molecule has 0 aromatic rings. The van der Waals surface area contributed by atoms with Crippen molar-refractivity contribution in [3.8, 4) is 0 Å². The van der Waals surface area contributed by atoms with Crippen LogP contribution in [0.15, 0.2) is 24.3 Å². The van der Waals surface area contributed by atoms with Crippen LogP contribution in [0.3, 0.4) is 0 Å². The Balaban J connectivity index is 2.43. The van der Waals surface area contributed by atoms with Gasteiger partial charge >= 0.3 is 5.97 Å². The van der Waals surface area contributed by atoms with Gasteiger partial charge in [-0.05, 0) is 6.92 Å². The number of ether oxygens (including phenoxy) is 2. The van der Waals surface area contributed by atoms with Gasteiger partial charge in [-0.2, -0.15) is 0 Å². The largest absolute Gasteiger partial charge is 0.467 e. The maximum atomic E-state index is 11.7. The molecule has 0 bridgehead atoms. The summed E-state index contributed by atoms with van der Waals surface area (Å²) in [6.07, 6.45) is 5.28. The summed E-state index contributed by atoms with van der Waals surface area (Å²) in [5, 5.41) is 21.2. The molecule has 3 N–H and O–H groups in total. The Hall–Kier alpha value is -1.70. The van der Waals surface area contributed by atoms with E-state index >= 15 is 0 Å². The molecule has 7 nitrogen and oxygen atoms in total. The molecule has 23 heavy (non-hydrogen) atoms. The molecule has 0 fully saturated rings. The molecule has 0 spiro atoms. The smallest absolute Gasteiger partial charge is 0.328 e. The lowest BCUT2D eigenvalue weighted by Gasteiger charge is -2.30. The van der Waals surface area contributed by atoms with Crippen molar-refractivity contribution in [2.24, 2.45) is 5.92 Å². The van der Waals surface area contributed by atoms with Gasteiger partial charge in [0.15, 0.2) is 0 Å². The van der Waals surface area contributed by atoms with Gasteiger partial charge in [0.1, 0.15) is 18.2 Å². The number of esters is 1. The zero-order valence-electron chi connectivity index (χ0n) is 13.6. The molecule has 0 aromatic heterocycles. The molecular weight excluding hydrogens is 302 g/mol. The zero-order valence-corrected chi connectivity index (χ0v) is 13.6. The molecule has 0 radical (unpaired) electrons. The van der Waals surface area contributed by atoms with Crippen molar-refractivity contribution in [1.82, 2.24) is 5.32 Å². The van der Waals surface area contributed by atoms with E-state index in [4.69, 9.17) is 9.84 Å². The van der Waals surface area contributed by atoms with Crippen LogP contribution in [0.4, 0.5) is 0 Å². The van der Waals surface area contributed by atoms with Crippen molar-refractivity contribution in [3.63, 3.8) is 0 Å². The van der Waals surface area contributed by atoms with Crippen molar-refractivity contribution in [2.75, 3.05) is 13.7 Å². The van der Waals surface area contributed by atoms with E-state index in [1.165, 1.54) is 7.11 Å². The van der Waals surface area contributed by atoms with Gasteiger partial charge in [0.25, 0.3) is 0 Å². The van der Waals surface area contributed by atoms with E-state index in [1.807, 2.05) is 13.0 Å². The number of carbonyl (C=O) groups is 2. The Labute approximate surface area is 136 Å². The molecule has 0 saturated heterocycles. The van der Waals surface area contributed by atoms with E-state index in [2.05, 4.69) is 10.1 Å². The van der Waals surface area contributed by atoms with Crippen LogP contribution in [0, 0.1) is 5.92 Å². The van der Waals surface area contributed by atoms with E-state index in [0.29, 0.717) is 0 Å². The fourth-order valence-electron chi connectivity index (χ4n) is 2.16. The number of rotatable bonds is 7. The highest BCUT2D eigenvalue weighted by molar-refractivity contribution is 5.84. The van der Waals surface area contributed by atoms with Crippen molar-refractivity contribution < 1.29 is 29.3 Å². The normalized spacial score (nSPS) is 26.7. The van der Waals surface area contributed by atoms with Gasteiger partial charge in [0, 0.05) is 12.3 Å². The number of methoxy groups -OCH3 is 1. The lowest BCUT2D eigenvalue weighted by molar-refractivity contribution is -0.144. The molecule has 5 atom stereocenters. The Kier molecular flexibility index (Phi) is 7.94. The molecule has 0 unspecified atom stereocenters. The number of nitrogens with one attached hydrogen (secondary N) is 1. The number of amides is 1. The Morgan fingerprint density at radius 1 is 1.39 bits per heavy atom. The van der Waals surface area contributed by atoms with Gasteiger partial charge < -0.3 is 25.0 Å². The third-order valence-electron chi connectivity index (χ3n) is 3.58. The van der Waals surface area contributed by atoms with E-state index in [0.717, 1.165) is 0 Å². The van der Waals surface area contributed by atoms with E-state index in [1.54, 1.807) is 25.2 Å². The number of aliphatic hydroxyl groups excluding tert-OH is 2. The highest BCUT2D eigenvalue weighted by atomic mass is 16.5. The monoisotopic (exact) mass is 327 g/mol. The van der Waals surface area contributed by atoms with Crippen LogP contribution in [0.1, 0.15) is 20.3 Å². The van der Waals surface area contributed by atoms with Gasteiger partial charge in [-0.3, -0.25) is 4.79 Å². The molecule has 7 heteroatoms. The minimum atomic E-state index is -0.807. The lowest BCUT2D eigenvalue weighted by Crippen LogP contribution is -2.39. The van der Waals surface area contributed by atoms with Crippen LogP contribution in [0.25, 0.3) is 0 Å². The highest BCUT2D eigenvalue weighted by Crippen LogP contribution is 2.20. The number of aliphatic hydroxyl groups is 2. The summed E-state index contributed by atoms with van der Waals surface area (Å²) in [4.78, 5) is 22.9. The van der Waals surface area contributed by atoms with Crippen molar-refractivity contribution in [2.45, 2.75) is 44.6 Å². The second kappa shape index (κ2) is 9.44. The highest BCUT2D eigenvalue weighted by Gasteiger charge is 2.27. The van der Waals surface area contributed by atoms with E-state index < -0.39 is 24.2 Å². The molecule has 0 saturated carbocycles. The predicted octanol–water partition coefficient (Wildman–Crippen LogP) is -0.0767. The first-order valence-corrected chi connectivity index (χ1v) is 7.55.